The maximum absolute atomic E-state index is 4.55. The fourth-order valence-corrected chi connectivity index (χ4v) is 4.69. The number of rotatable bonds is 8. The van der Waals surface area contributed by atoms with Crippen LogP contribution in [-0.4, -0.2) is 105 Å². The second kappa shape index (κ2) is 14.3. The van der Waals surface area contributed by atoms with Crippen LogP contribution in [0.15, 0.2) is 35.3 Å². The van der Waals surface area contributed by atoms with Gasteiger partial charge in [0.05, 0.1) is 0 Å². The molecule has 3 rings (SSSR count). The van der Waals surface area contributed by atoms with Crippen LogP contribution in [0.1, 0.15) is 37.8 Å². The average molecular weight is 543 g/mol. The summed E-state index contributed by atoms with van der Waals surface area (Å²) in [7, 11) is 4.13. The lowest BCUT2D eigenvalue weighted by molar-refractivity contribution is 0.127. The zero-order chi connectivity index (χ0) is 21.2. The first-order chi connectivity index (χ1) is 14.7. The molecule has 0 spiro atoms. The Morgan fingerprint density at radius 3 is 2.26 bits per heavy atom. The second-order valence-electron chi connectivity index (χ2n) is 8.68. The quantitative estimate of drug-likeness (QED) is 0.237. The van der Waals surface area contributed by atoms with Crippen molar-refractivity contribution >= 4 is 29.9 Å². The molecule has 1 N–H and O–H groups in total. The van der Waals surface area contributed by atoms with Gasteiger partial charge in [-0.2, -0.15) is 0 Å². The lowest BCUT2D eigenvalue weighted by Gasteiger charge is -2.40. The van der Waals surface area contributed by atoms with Gasteiger partial charge >= 0.3 is 0 Å². The molecule has 31 heavy (non-hydrogen) atoms. The zero-order valence-electron chi connectivity index (χ0n) is 19.8. The molecule has 2 fully saturated rings. The minimum atomic E-state index is 0. The molecule has 2 heterocycles. The Labute approximate surface area is 207 Å². The van der Waals surface area contributed by atoms with Gasteiger partial charge in [-0.25, -0.2) is 0 Å². The van der Waals surface area contributed by atoms with E-state index in [9.17, 15) is 0 Å². The monoisotopic (exact) mass is 542 g/mol. The molecule has 1 atom stereocenters. The van der Waals surface area contributed by atoms with E-state index in [1.807, 2.05) is 7.05 Å². The summed E-state index contributed by atoms with van der Waals surface area (Å²) in [5.74, 6) is 1.07. The number of piperazine rings is 2. The topological polar surface area (TPSA) is 37.4 Å². The van der Waals surface area contributed by atoms with Crippen molar-refractivity contribution in [2.45, 2.75) is 32.2 Å². The van der Waals surface area contributed by atoms with Gasteiger partial charge in [0, 0.05) is 72.0 Å². The number of benzene rings is 1. The van der Waals surface area contributed by atoms with Crippen LogP contribution < -0.4 is 5.32 Å². The van der Waals surface area contributed by atoms with E-state index in [4.69, 9.17) is 0 Å². The minimum Gasteiger partial charge on any atom is -0.356 e. The van der Waals surface area contributed by atoms with Gasteiger partial charge in [-0.1, -0.05) is 37.3 Å². The number of nitrogens with one attached hydrogen (secondary N) is 1. The van der Waals surface area contributed by atoms with E-state index in [-0.39, 0.29) is 24.0 Å². The molecule has 0 bridgehead atoms. The first kappa shape index (κ1) is 26.4. The molecule has 2 saturated heterocycles. The van der Waals surface area contributed by atoms with E-state index in [1.54, 1.807) is 0 Å². The molecule has 1 unspecified atom stereocenters. The second-order valence-corrected chi connectivity index (χ2v) is 8.68. The number of unbranched alkanes of at least 4 members (excludes halogenated alkanes) is 1. The van der Waals surface area contributed by atoms with Crippen molar-refractivity contribution in [3.63, 3.8) is 0 Å². The normalized spacial score (nSPS) is 20.4. The highest BCUT2D eigenvalue weighted by atomic mass is 127. The first-order valence-corrected chi connectivity index (χ1v) is 11.9. The highest BCUT2D eigenvalue weighted by Gasteiger charge is 2.25. The molecule has 176 valence electrons. The Morgan fingerprint density at radius 1 is 0.968 bits per heavy atom. The van der Waals surface area contributed by atoms with Gasteiger partial charge in [0.25, 0.3) is 0 Å². The molecule has 0 saturated carbocycles. The summed E-state index contributed by atoms with van der Waals surface area (Å²) in [5, 5.41) is 3.60. The molecule has 1 aromatic carbocycles. The Bertz CT molecular complexity index is 624. The number of hydrogen-bond acceptors (Lipinski definition) is 4. The van der Waals surface area contributed by atoms with E-state index < -0.39 is 0 Å². The molecule has 2 aliphatic heterocycles. The fourth-order valence-electron chi connectivity index (χ4n) is 4.69. The zero-order valence-corrected chi connectivity index (χ0v) is 22.1. The average Bonchev–Trinajstić information content (AvgIpc) is 2.79. The summed E-state index contributed by atoms with van der Waals surface area (Å²) in [6, 6.07) is 11.5. The fraction of sp³-hybridized carbons (Fsp3) is 0.708. The molecule has 0 aromatic heterocycles. The molecule has 0 amide bonds. The third-order valence-corrected chi connectivity index (χ3v) is 6.62. The third-order valence-electron chi connectivity index (χ3n) is 6.62. The lowest BCUT2D eigenvalue weighted by atomic mass is 10.0. The molecule has 0 aliphatic carbocycles. The highest BCUT2D eigenvalue weighted by molar-refractivity contribution is 14.0. The number of likely N-dealkylation sites (N-methyl/N-ethyl adjacent to an activating group) is 1. The van der Waals surface area contributed by atoms with Gasteiger partial charge < -0.3 is 20.0 Å². The van der Waals surface area contributed by atoms with Crippen molar-refractivity contribution < 1.29 is 0 Å². The standard InChI is InChI=1S/C24H42N6.HI/c1-4-23(22-10-6-5-7-11-22)29-18-20-30(21-19-29)24(25-2)26-12-8-9-13-28-16-14-27(3)15-17-28;/h5-7,10-11,23H,4,8-9,12-21H2,1-3H3,(H,25,26);1H. The van der Waals surface area contributed by atoms with Crippen LogP contribution in [0.4, 0.5) is 0 Å². The Balaban J connectivity index is 0.00000341. The molecule has 0 radical (unpaired) electrons. The minimum absolute atomic E-state index is 0. The van der Waals surface area contributed by atoms with Crippen LogP contribution in [-0.2, 0) is 0 Å². The number of halogens is 1. The van der Waals surface area contributed by atoms with Crippen molar-refractivity contribution in [2.24, 2.45) is 4.99 Å². The summed E-state index contributed by atoms with van der Waals surface area (Å²) in [4.78, 5) is 14.6. The predicted molar refractivity (Wildman–Crippen MR) is 143 cm³/mol. The van der Waals surface area contributed by atoms with Crippen LogP contribution >= 0.6 is 24.0 Å². The number of hydrogen-bond donors (Lipinski definition) is 1. The van der Waals surface area contributed by atoms with E-state index >= 15 is 0 Å². The van der Waals surface area contributed by atoms with E-state index in [1.165, 1.54) is 51.1 Å². The molecule has 7 heteroatoms. The summed E-state index contributed by atoms with van der Waals surface area (Å²) < 4.78 is 0. The van der Waals surface area contributed by atoms with Crippen LogP contribution in [0, 0.1) is 0 Å². The predicted octanol–water partition coefficient (Wildman–Crippen LogP) is 2.98. The highest BCUT2D eigenvalue weighted by Crippen LogP contribution is 2.25. The van der Waals surface area contributed by atoms with Crippen molar-refractivity contribution in [2.75, 3.05) is 79.5 Å². The maximum Gasteiger partial charge on any atom is 0.193 e. The summed E-state index contributed by atoms with van der Waals surface area (Å²) >= 11 is 0. The summed E-state index contributed by atoms with van der Waals surface area (Å²) in [5.41, 5.74) is 1.44. The molecular formula is C24H43IN6. The van der Waals surface area contributed by atoms with Crippen molar-refractivity contribution in [3.05, 3.63) is 35.9 Å². The smallest absolute Gasteiger partial charge is 0.193 e. The Hall–Kier alpha value is -0.900. The molecular weight excluding hydrogens is 499 g/mol. The van der Waals surface area contributed by atoms with Gasteiger partial charge in [-0.3, -0.25) is 9.89 Å². The van der Waals surface area contributed by atoms with Gasteiger partial charge in [-0.05, 0) is 38.4 Å². The lowest BCUT2D eigenvalue weighted by Crippen LogP contribution is -2.53. The molecule has 6 nitrogen and oxygen atoms in total. The van der Waals surface area contributed by atoms with E-state index in [0.29, 0.717) is 6.04 Å². The van der Waals surface area contributed by atoms with Crippen LogP contribution in [0.2, 0.25) is 0 Å². The van der Waals surface area contributed by atoms with Crippen molar-refractivity contribution in [1.29, 1.82) is 0 Å². The first-order valence-electron chi connectivity index (χ1n) is 11.9. The van der Waals surface area contributed by atoms with E-state index in [2.05, 4.69) is 74.2 Å². The van der Waals surface area contributed by atoms with Crippen molar-refractivity contribution in [1.82, 2.24) is 24.9 Å². The Morgan fingerprint density at radius 2 is 1.65 bits per heavy atom. The summed E-state index contributed by atoms with van der Waals surface area (Å²) in [6.45, 7) is 13.7. The number of guanidine groups is 1. The largest absolute Gasteiger partial charge is 0.356 e. The van der Waals surface area contributed by atoms with Gasteiger partial charge in [0.15, 0.2) is 5.96 Å². The third kappa shape index (κ3) is 8.18. The van der Waals surface area contributed by atoms with Crippen LogP contribution in [0.3, 0.4) is 0 Å². The Kier molecular flexibility index (Phi) is 12.1. The number of aliphatic imine (C=N–C) groups is 1. The number of nitrogens with zero attached hydrogens (tertiary/aromatic N) is 5. The van der Waals surface area contributed by atoms with E-state index in [0.717, 1.165) is 45.1 Å². The molecule has 2 aliphatic rings. The summed E-state index contributed by atoms with van der Waals surface area (Å²) in [6.07, 6.45) is 3.62. The van der Waals surface area contributed by atoms with Gasteiger partial charge in [0.1, 0.15) is 0 Å². The van der Waals surface area contributed by atoms with Crippen LogP contribution in [0.5, 0.6) is 0 Å². The SMILES string of the molecule is CCC(c1ccccc1)N1CCN(C(=NC)NCCCCN2CCN(C)CC2)CC1.I. The van der Waals surface area contributed by atoms with Gasteiger partial charge in [-0.15, -0.1) is 24.0 Å². The van der Waals surface area contributed by atoms with Gasteiger partial charge in [0.2, 0.25) is 0 Å². The van der Waals surface area contributed by atoms with Crippen molar-refractivity contribution in [3.8, 4) is 0 Å². The van der Waals surface area contributed by atoms with Crippen LogP contribution in [0.25, 0.3) is 0 Å². The molecule has 1 aromatic rings. The maximum atomic E-state index is 4.55.